The number of fused-ring (bicyclic) bond motifs is 1. The first-order valence-corrected chi connectivity index (χ1v) is 11.7. The van der Waals surface area contributed by atoms with Crippen LogP contribution in [0, 0.1) is 11.3 Å². The van der Waals surface area contributed by atoms with Crippen LogP contribution >= 0.6 is 0 Å². The van der Waals surface area contributed by atoms with Crippen LogP contribution in [0.5, 0.6) is 0 Å². The average Bonchev–Trinajstić information content (AvgIpc) is 2.86. The van der Waals surface area contributed by atoms with E-state index in [0.29, 0.717) is 24.9 Å². The standard InChI is InChI=1S/C27H27N3O5/c28-24(29)22-9-7-19-13-21(8-6-20(19)14-22)23-12-18(10-11-27(23)34-26(32)35-27)15-30-25(31)33-16-17-4-2-1-3-5-17/h1-9,13-14,18,23H,10-12,15-16H2,(H3,28,29)(H,30,31). The van der Waals surface area contributed by atoms with Gasteiger partial charge in [-0.15, -0.1) is 0 Å². The van der Waals surface area contributed by atoms with Crippen LogP contribution < -0.4 is 11.1 Å². The number of amidine groups is 1. The van der Waals surface area contributed by atoms with Gasteiger partial charge >= 0.3 is 12.2 Å². The van der Waals surface area contributed by atoms with Gasteiger partial charge in [-0.25, -0.2) is 9.59 Å². The second-order valence-electron chi connectivity index (χ2n) is 9.14. The Kier molecular flexibility index (Phi) is 6.03. The van der Waals surface area contributed by atoms with Gasteiger partial charge in [0.2, 0.25) is 0 Å². The maximum atomic E-state index is 12.2. The monoisotopic (exact) mass is 473 g/mol. The van der Waals surface area contributed by atoms with Crippen LogP contribution in [-0.2, 0) is 20.8 Å². The van der Waals surface area contributed by atoms with Gasteiger partial charge in [-0.05, 0) is 46.7 Å². The van der Waals surface area contributed by atoms with Gasteiger partial charge in [0.05, 0.1) is 5.92 Å². The van der Waals surface area contributed by atoms with Gasteiger partial charge in [0.1, 0.15) is 12.4 Å². The summed E-state index contributed by atoms with van der Waals surface area (Å²) in [5, 5.41) is 12.5. The smallest absolute Gasteiger partial charge is 0.445 e. The number of hydrogen-bond donors (Lipinski definition) is 3. The van der Waals surface area contributed by atoms with Gasteiger partial charge in [-0.2, -0.15) is 0 Å². The lowest BCUT2D eigenvalue weighted by Gasteiger charge is -2.49. The third-order valence-corrected chi connectivity index (χ3v) is 6.84. The van der Waals surface area contributed by atoms with Gasteiger partial charge < -0.3 is 25.3 Å². The van der Waals surface area contributed by atoms with Crippen molar-refractivity contribution in [3.63, 3.8) is 0 Å². The number of amides is 1. The second-order valence-corrected chi connectivity index (χ2v) is 9.14. The largest absolute Gasteiger partial charge is 0.514 e. The summed E-state index contributed by atoms with van der Waals surface area (Å²) >= 11 is 0. The average molecular weight is 474 g/mol. The number of carbonyl (C=O) groups is 2. The number of alkyl carbamates (subject to hydrolysis) is 1. The molecule has 4 N–H and O–H groups in total. The van der Waals surface area contributed by atoms with E-state index in [1.165, 1.54) is 0 Å². The maximum absolute atomic E-state index is 12.2. The van der Waals surface area contributed by atoms with Crippen molar-refractivity contribution in [2.45, 2.75) is 37.6 Å². The molecule has 1 heterocycles. The molecule has 8 heteroatoms. The number of ether oxygens (including phenoxy) is 3. The molecule has 5 rings (SSSR count). The minimum Gasteiger partial charge on any atom is -0.445 e. The van der Waals surface area contributed by atoms with Crippen molar-refractivity contribution in [3.8, 4) is 0 Å². The number of nitrogens with two attached hydrogens (primary N) is 1. The quantitative estimate of drug-likeness (QED) is 0.268. The molecule has 1 amide bonds. The van der Waals surface area contributed by atoms with Crippen LogP contribution in [-0.4, -0.2) is 30.4 Å². The number of hydrogen-bond acceptors (Lipinski definition) is 6. The highest BCUT2D eigenvalue weighted by atomic mass is 16.9. The van der Waals surface area contributed by atoms with E-state index in [1.54, 1.807) is 0 Å². The Morgan fingerprint density at radius 2 is 1.83 bits per heavy atom. The number of rotatable bonds is 6. The van der Waals surface area contributed by atoms with Gasteiger partial charge in [-0.1, -0.05) is 60.7 Å². The Balaban J connectivity index is 1.27. The van der Waals surface area contributed by atoms with Crippen molar-refractivity contribution in [1.29, 1.82) is 5.41 Å². The number of benzene rings is 3. The molecule has 3 aromatic carbocycles. The van der Waals surface area contributed by atoms with E-state index in [1.807, 2.05) is 60.7 Å². The highest BCUT2D eigenvalue weighted by Gasteiger charge is 2.57. The SMILES string of the molecule is N=C(N)c1ccc2cc(C3CC(CNC(=O)OCc4ccccc4)CCC34OC(=O)O4)ccc2c1. The van der Waals surface area contributed by atoms with Crippen molar-refractivity contribution in [1.82, 2.24) is 5.32 Å². The fraction of sp³-hybridized carbons (Fsp3) is 0.296. The normalized spacial score (nSPS) is 20.4. The predicted octanol–water partition coefficient (Wildman–Crippen LogP) is 4.80. The summed E-state index contributed by atoms with van der Waals surface area (Å²) in [7, 11) is 0. The van der Waals surface area contributed by atoms with E-state index >= 15 is 0 Å². The molecule has 0 aromatic heterocycles. The van der Waals surface area contributed by atoms with Crippen LogP contribution in [0.2, 0.25) is 0 Å². The molecule has 2 atom stereocenters. The molecule has 2 fully saturated rings. The van der Waals surface area contributed by atoms with Crippen LogP contribution in [0.1, 0.15) is 41.9 Å². The summed E-state index contributed by atoms with van der Waals surface area (Å²) < 4.78 is 16.4. The first-order chi connectivity index (χ1) is 16.9. The zero-order valence-corrected chi connectivity index (χ0v) is 19.2. The molecule has 1 saturated heterocycles. The van der Waals surface area contributed by atoms with E-state index in [2.05, 4.69) is 11.4 Å². The molecule has 1 aliphatic heterocycles. The summed E-state index contributed by atoms with van der Waals surface area (Å²) in [4.78, 5) is 23.8. The first kappa shape index (κ1) is 22.7. The fourth-order valence-corrected chi connectivity index (χ4v) is 4.97. The van der Waals surface area contributed by atoms with E-state index in [0.717, 1.165) is 28.3 Å². The molecule has 1 aliphatic carbocycles. The molecule has 35 heavy (non-hydrogen) atoms. The third-order valence-electron chi connectivity index (χ3n) is 6.84. The van der Waals surface area contributed by atoms with Crippen molar-refractivity contribution in [3.05, 3.63) is 83.4 Å². The molecule has 2 aliphatic rings. The molecule has 8 nitrogen and oxygen atoms in total. The van der Waals surface area contributed by atoms with Crippen LogP contribution in [0.15, 0.2) is 66.7 Å². The van der Waals surface area contributed by atoms with Crippen LogP contribution in [0.25, 0.3) is 10.8 Å². The Hall–Kier alpha value is -4.07. The summed E-state index contributed by atoms with van der Waals surface area (Å²) in [6, 6.07) is 21.2. The topological polar surface area (TPSA) is 124 Å². The number of carbonyl (C=O) groups excluding carboxylic acids is 2. The first-order valence-electron chi connectivity index (χ1n) is 11.7. The van der Waals surface area contributed by atoms with E-state index in [4.69, 9.17) is 25.4 Å². The molecule has 0 bridgehead atoms. The Bertz CT molecular complexity index is 1270. The lowest BCUT2D eigenvalue weighted by molar-refractivity contribution is -0.297. The van der Waals surface area contributed by atoms with Crippen molar-refractivity contribution in [2.75, 3.05) is 6.54 Å². The lowest BCUT2D eigenvalue weighted by atomic mass is 9.72. The lowest BCUT2D eigenvalue weighted by Crippen LogP contribution is -2.57. The predicted molar refractivity (Wildman–Crippen MR) is 130 cm³/mol. The Morgan fingerprint density at radius 3 is 2.57 bits per heavy atom. The highest BCUT2D eigenvalue weighted by Crippen LogP contribution is 2.50. The minimum absolute atomic E-state index is 0.0228. The highest BCUT2D eigenvalue weighted by molar-refractivity contribution is 5.99. The molecule has 1 saturated carbocycles. The zero-order chi connectivity index (χ0) is 24.4. The van der Waals surface area contributed by atoms with Gasteiger partial charge in [0, 0.05) is 18.5 Å². The fourth-order valence-electron chi connectivity index (χ4n) is 4.97. The van der Waals surface area contributed by atoms with Crippen molar-refractivity contribution in [2.24, 2.45) is 11.7 Å². The van der Waals surface area contributed by atoms with Crippen LogP contribution in [0.4, 0.5) is 9.59 Å². The summed E-state index contributed by atoms with van der Waals surface area (Å²) in [5.41, 5.74) is 8.21. The molecule has 180 valence electrons. The zero-order valence-electron chi connectivity index (χ0n) is 19.2. The second kappa shape index (κ2) is 9.29. The molecule has 1 spiro atoms. The third kappa shape index (κ3) is 4.77. The molecular formula is C27H27N3O5. The summed E-state index contributed by atoms with van der Waals surface area (Å²) in [6.45, 7) is 0.680. The van der Waals surface area contributed by atoms with E-state index in [9.17, 15) is 9.59 Å². The minimum atomic E-state index is -0.964. The van der Waals surface area contributed by atoms with Gasteiger partial charge in [-0.3, -0.25) is 5.41 Å². The number of nitrogens with one attached hydrogen (secondary N) is 2. The van der Waals surface area contributed by atoms with E-state index in [-0.39, 0.29) is 24.3 Å². The molecular weight excluding hydrogens is 446 g/mol. The van der Waals surface area contributed by atoms with Crippen LogP contribution in [0.3, 0.4) is 0 Å². The van der Waals surface area contributed by atoms with Gasteiger partial charge in [0.25, 0.3) is 5.79 Å². The Labute approximate surface area is 202 Å². The molecule has 2 unspecified atom stereocenters. The van der Waals surface area contributed by atoms with Gasteiger partial charge in [0.15, 0.2) is 0 Å². The summed E-state index contributed by atoms with van der Waals surface area (Å²) in [5.74, 6) is -0.935. The van der Waals surface area contributed by atoms with Crippen molar-refractivity contribution >= 4 is 28.9 Å². The van der Waals surface area contributed by atoms with Crippen molar-refractivity contribution < 1.29 is 23.8 Å². The summed E-state index contributed by atoms with van der Waals surface area (Å²) in [6.07, 6.45) is 0.879. The van der Waals surface area contributed by atoms with E-state index < -0.39 is 18.0 Å². The maximum Gasteiger partial charge on any atom is 0.514 e. The molecule has 3 aromatic rings. The number of nitrogen functional groups attached to an aromatic ring is 1. The Morgan fingerprint density at radius 1 is 1.09 bits per heavy atom. The molecule has 0 radical (unpaired) electrons.